The Kier molecular flexibility index (Phi) is 7.42. The highest BCUT2D eigenvalue weighted by Crippen LogP contribution is 2.28. The van der Waals surface area contributed by atoms with Crippen LogP contribution in [-0.2, 0) is 30.7 Å². The summed E-state index contributed by atoms with van der Waals surface area (Å²) in [6, 6.07) is 11.5. The second-order valence-electron chi connectivity index (χ2n) is 8.42. The summed E-state index contributed by atoms with van der Waals surface area (Å²) in [6.45, 7) is 9.14. The van der Waals surface area contributed by atoms with E-state index in [0.717, 1.165) is 54.9 Å². The lowest BCUT2D eigenvalue weighted by atomic mass is 9.96. The van der Waals surface area contributed by atoms with Crippen LogP contribution in [0.25, 0.3) is 11.4 Å². The van der Waals surface area contributed by atoms with Gasteiger partial charge in [-0.15, -0.1) is 0 Å². The molecule has 0 fully saturated rings. The summed E-state index contributed by atoms with van der Waals surface area (Å²) in [5, 5.41) is 9.35. The summed E-state index contributed by atoms with van der Waals surface area (Å²) in [4.78, 5) is 23.5. The normalized spacial score (nSPS) is 14.2. The average molecular weight is 471 g/mol. The molecule has 2 aliphatic rings. The van der Waals surface area contributed by atoms with Crippen LogP contribution in [0.4, 0.5) is 0 Å². The molecule has 2 aromatic carbocycles. The minimum Gasteiger partial charge on any atom is -0.495 e. The Morgan fingerprint density at radius 3 is 2.83 bits per heavy atom. The molecule has 0 atom stereocenters. The van der Waals surface area contributed by atoms with Gasteiger partial charge in [0.1, 0.15) is 18.4 Å². The predicted octanol–water partition coefficient (Wildman–Crippen LogP) is 4.63. The van der Waals surface area contributed by atoms with Crippen LogP contribution >= 0.6 is 0 Å². The smallest absolute Gasteiger partial charge is 0.338 e. The number of hydrogen-bond acceptors (Lipinski definition) is 7. The lowest BCUT2D eigenvalue weighted by molar-refractivity contribution is 0.0535. The van der Waals surface area contributed by atoms with Crippen molar-refractivity contribution >= 4 is 5.97 Å². The number of carbonyl (C=O) groups is 1. The van der Waals surface area contributed by atoms with Crippen molar-refractivity contribution in [2.75, 3.05) is 20.2 Å². The first-order valence-electron chi connectivity index (χ1n) is 12.0. The number of benzene rings is 2. The van der Waals surface area contributed by atoms with Crippen LogP contribution in [0.3, 0.4) is 0 Å². The molecule has 35 heavy (non-hydrogen) atoms. The number of cyclic esters (lactones) is 1. The van der Waals surface area contributed by atoms with Crippen molar-refractivity contribution < 1.29 is 14.3 Å². The molecular formula is C28H30N4O3. The van der Waals surface area contributed by atoms with E-state index in [0.29, 0.717) is 29.3 Å². The second-order valence-corrected chi connectivity index (χ2v) is 8.42. The fourth-order valence-electron chi connectivity index (χ4n) is 4.59. The van der Waals surface area contributed by atoms with Gasteiger partial charge in [-0.2, -0.15) is 5.26 Å². The van der Waals surface area contributed by atoms with E-state index in [9.17, 15) is 10.1 Å². The van der Waals surface area contributed by atoms with Gasteiger partial charge in [-0.3, -0.25) is 4.90 Å². The maximum absolute atomic E-state index is 11.8. The van der Waals surface area contributed by atoms with Crippen molar-refractivity contribution in [3.8, 4) is 23.2 Å². The molecule has 3 heterocycles. The van der Waals surface area contributed by atoms with Crippen molar-refractivity contribution in [1.82, 2.24) is 14.9 Å². The molecule has 0 spiro atoms. The quantitative estimate of drug-likeness (QED) is 0.502. The van der Waals surface area contributed by atoms with Crippen LogP contribution in [0.2, 0.25) is 0 Å². The Labute approximate surface area is 206 Å². The first-order chi connectivity index (χ1) is 17.1. The zero-order valence-electron chi connectivity index (χ0n) is 20.7. The first kappa shape index (κ1) is 24.4. The Hall–Kier alpha value is -3.76. The van der Waals surface area contributed by atoms with Crippen LogP contribution < -0.4 is 4.74 Å². The zero-order chi connectivity index (χ0) is 24.9. The molecule has 1 aromatic heterocycles. The molecular weight excluding hydrogens is 440 g/mol. The Morgan fingerprint density at radius 2 is 2.06 bits per heavy atom. The largest absolute Gasteiger partial charge is 0.495 e. The van der Waals surface area contributed by atoms with Gasteiger partial charge in [0.25, 0.3) is 0 Å². The summed E-state index contributed by atoms with van der Waals surface area (Å²) < 4.78 is 10.4. The molecule has 0 radical (unpaired) electrons. The molecule has 0 bridgehead atoms. The van der Waals surface area contributed by atoms with Crippen molar-refractivity contribution in [3.05, 3.63) is 75.6 Å². The molecule has 2 aliphatic heterocycles. The number of methoxy groups -OCH3 is 1. The van der Waals surface area contributed by atoms with Crippen LogP contribution in [-0.4, -0.2) is 41.0 Å². The molecule has 0 aliphatic carbocycles. The number of ether oxygens (including phenoxy) is 2. The number of rotatable bonds is 5. The van der Waals surface area contributed by atoms with E-state index in [1.54, 1.807) is 19.2 Å². The van der Waals surface area contributed by atoms with Crippen molar-refractivity contribution in [1.29, 1.82) is 5.26 Å². The van der Waals surface area contributed by atoms with Crippen LogP contribution in [0, 0.1) is 18.3 Å². The van der Waals surface area contributed by atoms with Gasteiger partial charge in [0, 0.05) is 48.9 Å². The van der Waals surface area contributed by atoms with E-state index in [-0.39, 0.29) is 5.97 Å². The summed E-state index contributed by atoms with van der Waals surface area (Å²) in [6.07, 6.45) is 3.69. The van der Waals surface area contributed by atoms with Crippen molar-refractivity contribution in [2.45, 2.75) is 46.8 Å². The molecule has 180 valence electrons. The fourth-order valence-corrected chi connectivity index (χ4v) is 4.59. The highest BCUT2D eigenvalue weighted by molar-refractivity contribution is 5.93. The van der Waals surface area contributed by atoms with Gasteiger partial charge in [0.2, 0.25) is 0 Å². The van der Waals surface area contributed by atoms with E-state index in [1.807, 2.05) is 32.2 Å². The number of fused-ring (bicyclic) bond motifs is 2. The number of nitriles is 1. The SMILES string of the molecule is CC.COc1ccc(-c2ncc3c(n2)CCN(CCc2ccc4c(c2C)COC4=O)C3)cc1C#N. The first-order valence-corrected chi connectivity index (χ1v) is 12.0. The Balaban J connectivity index is 0.00000141. The molecule has 3 aromatic rings. The molecule has 7 heteroatoms. The number of hydrogen-bond donors (Lipinski definition) is 0. The van der Waals surface area contributed by atoms with E-state index in [1.165, 1.54) is 11.1 Å². The molecule has 0 unspecified atom stereocenters. The standard InChI is InChI=1S/C26H24N4O3.C2H6/c1-16-17(3-5-21-22(16)15-33-26(21)31)7-9-30-10-8-23-20(14-30)13-28-25(29-23)18-4-6-24(32-2)19(11-18)12-27;1-2/h3-6,11,13H,7-10,14-15H2,1-2H3;1-2H3. The van der Waals surface area contributed by atoms with Gasteiger partial charge in [0.15, 0.2) is 5.82 Å². The summed E-state index contributed by atoms with van der Waals surface area (Å²) >= 11 is 0. The van der Waals surface area contributed by atoms with Gasteiger partial charge in [0.05, 0.1) is 23.9 Å². The Bertz CT molecular complexity index is 1300. The van der Waals surface area contributed by atoms with Crippen molar-refractivity contribution in [3.63, 3.8) is 0 Å². The van der Waals surface area contributed by atoms with E-state index in [2.05, 4.69) is 28.9 Å². The molecule has 0 saturated carbocycles. The Morgan fingerprint density at radius 1 is 1.23 bits per heavy atom. The highest BCUT2D eigenvalue weighted by Gasteiger charge is 2.24. The number of carbonyl (C=O) groups excluding carboxylic acids is 1. The van der Waals surface area contributed by atoms with Gasteiger partial charge in [-0.1, -0.05) is 19.9 Å². The summed E-state index contributed by atoms with van der Waals surface area (Å²) in [5.74, 6) is 0.963. The maximum atomic E-state index is 11.8. The fraction of sp³-hybridized carbons (Fsp3) is 0.357. The maximum Gasteiger partial charge on any atom is 0.338 e. The highest BCUT2D eigenvalue weighted by atomic mass is 16.5. The van der Waals surface area contributed by atoms with Gasteiger partial charge < -0.3 is 9.47 Å². The predicted molar refractivity (Wildman–Crippen MR) is 133 cm³/mol. The lowest BCUT2D eigenvalue weighted by Gasteiger charge is -2.28. The van der Waals surface area contributed by atoms with Crippen LogP contribution in [0.15, 0.2) is 36.5 Å². The third kappa shape index (κ3) is 4.89. The molecule has 5 rings (SSSR count). The number of esters is 1. The summed E-state index contributed by atoms with van der Waals surface area (Å²) in [5.41, 5.74) is 7.65. The number of nitrogens with zero attached hydrogens (tertiary/aromatic N) is 4. The summed E-state index contributed by atoms with van der Waals surface area (Å²) in [7, 11) is 1.55. The van der Waals surface area contributed by atoms with Crippen LogP contribution in [0.1, 0.15) is 57.7 Å². The molecule has 0 amide bonds. The molecule has 0 N–H and O–H groups in total. The van der Waals surface area contributed by atoms with Crippen LogP contribution in [0.5, 0.6) is 5.75 Å². The van der Waals surface area contributed by atoms with Crippen molar-refractivity contribution in [2.24, 2.45) is 0 Å². The minimum atomic E-state index is -0.217. The lowest BCUT2D eigenvalue weighted by Crippen LogP contribution is -2.33. The zero-order valence-corrected chi connectivity index (χ0v) is 20.7. The average Bonchev–Trinajstić information content (AvgIpc) is 3.29. The third-order valence-corrected chi connectivity index (χ3v) is 6.57. The molecule has 0 saturated heterocycles. The number of aromatic nitrogens is 2. The topological polar surface area (TPSA) is 88.3 Å². The van der Waals surface area contributed by atoms with E-state index in [4.69, 9.17) is 14.5 Å². The van der Waals surface area contributed by atoms with Gasteiger partial charge in [-0.05, 0) is 48.7 Å². The van der Waals surface area contributed by atoms with Gasteiger partial charge >= 0.3 is 5.97 Å². The van der Waals surface area contributed by atoms with E-state index < -0.39 is 0 Å². The minimum absolute atomic E-state index is 0.217. The van der Waals surface area contributed by atoms with E-state index >= 15 is 0 Å². The van der Waals surface area contributed by atoms with Gasteiger partial charge in [-0.25, -0.2) is 14.8 Å². The monoisotopic (exact) mass is 470 g/mol. The second kappa shape index (κ2) is 10.7. The molecule has 7 nitrogen and oxygen atoms in total. The third-order valence-electron chi connectivity index (χ3n) is 6.57.